The summed E-state index contributed by atoms with van der Waals surface area (Å²) in [5.74, 6) is 0.447. The molecule has 1 fully saturated rings. The highest BCUT2D eigenvalue weighted by atomic mass is 35.5. The molecule has 1 aliphatic carbocycles. The van der Waals surface area contributed by atoms with Crippen molar-refractivity contribution < 1.29 is 27.6 Å². The summed E-state index contributed by atoms with van der Waals surface area (Å²) in [5, 5.41) is 7.60. The van der Waals surface area contributed by atoms with E-state index < -0.39 is 42.0 Å². The van der Waals surface area contributed by atoms with Gasteiger partial charge in [-0.05, 0) is 47.1 Å². The van der Waals surface area contributed by atoms with Crippen molar-refractivity contribution in [3.63, 3.8) is 0 Å². The molecule has 2 aromatic heterocycles. The second-order valence-corrected chi connectivity index (χ2v) is 10.3. The van der Waals surface area contributed by atoms with Crippen LogP contribution in [0.3, 0.4) is 0 Å². The van der Waals surface area contributed by atoms with Crippen molar-refractivity contribution in [3.8, 4) is 0 Å². The van der Waals surface area contributed by atoms with Crippen LogP contribution < -0.4 is 10.2 Å². The lowest BCUT2D eigenvalue weighted by Gasteiger charge is -2.31. The molecule has 200 valence electrons. The van der Waals surface area contributed by atoms with Gasteiger partial charge in [0.1, 0.15) is 30.2 Å². The number of rotatable bonds is 8. The molecule has 0 bridgehead atoms. The number of ether oxygens (including phenoxy) is 2. The van der Waals surface area contributed by atoms with E-state index in [2.05, 4.69) is 25.4 Å². The Labute approximate surface area is 218 Å². The molecule has 0 saturated carbocycles. The molecule has 1 unspecified atom stereocenters. The van der Waals surface area contributed by atoms with E-state index in [-0.39, 0.29) is 30.2 Å². The smallest absolute Gasteiger partial charge is 0.416 e. The lowest BCUT2D eigenvalue weighted by atomic mass is 10.0. The predicted molar refractivity (Wildman–Crippen MR) is 132 cm³/mol. The van der Waals surface area contributed by atoms with Gasteiger partial charge >= 0.3 is 6.09 Å². The summed E-state index contributed by atoms with van der Waals surface area (Å²) in [7, 11) is 0. The van der Waals surface area contributed by atoms with Crippen LogP contribution in [-0.4, -0.2) is 50.6 Å². The molecule has 2 aromatic rings. The molecular weight excluding hydrogens is 510 g/mol. The maximum atomic E-state index is 13.7. The van der Waals surface area contributed by atoms with E-state index in [1.54, 1.807) is 19.9 Å². The number of allylic oxidation sites excluding steroid dienone is 4. The first-order valence-corrected chi connectivity index (χ1v) is 12.2. The van der Waals surface area contributed by atoms with Crippen molar-refractivity contribution in [1.29, 1.82) is 0 Å². The largest absolute Gasteiger partial charge is 0.447 e. The molecule has 3 heterocycles. The van der Waals surface area contributed by atoms with Crippen LogP contribution >= 0.6 is 11.6 Å². The number of nitrogens with zero attached hydrogens (tertiary/aromatic N) is 5. The molecule has 10 nitrogen and oxygen atoms in total. The third kappa shape index (κ3) is 6.42. The second-order valence-electron chi connectivity index (χ2n) is 9.87. The minimum Gasteiger partial charge on any atom is -0.447 e. The van der Waals surface area contributed by atoms with Crippen molar-refractivity contribution in [1.82, 2.24) is 20.1 Å². The van der Waals surface area contributed by atoms with Crippen LogP contribution in [0.25, 0.3) is 0 Å². The summed E-state index contributed by atoms with van der Waals surface area (Å²) in [4.78, 5) is 26.5. The summed E-state index contributed by atoms with van der Waals surface area (Å²) < 4.78 is 44.1. The third-order valence-corrected chi connectivity index (χ3v) is 6.03. The fraction of sp³-hybridized carbons (Fsp3) is 0.542. The van der Waals surface area contributed by atoms with E-state index in [0.717, 1.165) is 6.07 Å². The normalized spacial score (nSPS) is 21.7. The third-order valence-electron chi connectivity index (χ3n) is 5.75. The Kier molecular flexibility index (Phi) is 7.79. The molecule has 0 aromatic carbocycles. The highest BCUT2D eigenvalue weighted by Crippen LogP contribution is 2.31. The second kappa shape index (κ2) is 10.7. The van der Waals surface area contributed by atoms with Crippen LogP contribution in [0.5, 0.6) is 0 Å². The average molecular weight is 539 g/mol. The zero-order valence-electron chi connectivity index (χ0n) is 21.1. The Morgan fingerprint density at radius 2 is 2.00 bits per heavy atom. The topological polar surface area (TPSA) is 116 Å². The SMILES string of the molecule is C[C@H](Nc1nc(C(F)F)cc(N2C(=O)OC[C@@H]2[C@@H](C)OC(C)(C)C)n1)c1nc(C2C=CC(Cl)=CC2)no1. The number of hydrogen-bond donors (Lipinski definition) is 1. The number of hydrogen-bond acceptors (Lipinski definition) is 9. The van der Waals surface area contributed by atoms with Crippen LogP contribution in [0.4, 0.5) is 25.3 Å². The van der Waals surface area contributed by atoms with E-state index in [0.29, 0.717) is 17.3 Å². The lowest BCUT2D eigenvalue weighted by molar-refractivity contribution is -0.0618. The van der Waals surface area contributed by atoms with Gasteiger partial charge in [0.15, 0.2) is 5.82 Å². The Morgan fingerprint density at radius 3 is 2.65 bits per heavy atom. The Morgan fingerprint density at radius 1 is 1.24 bits per heavy atom. The molecule has 1 N–H and O–H groups in total. The van der Waals surface area contributed by atoms with Crippen LogP contribution in [0, 0.1) is 0 Å². The number of amides is 1. The number of carbonyl (C=O) groups excluding carboxylic acids is 1. The molecular formula is C24H29ClF2N6O4. The number of cyclic esters (lactones) is 1. The maximum absolute atomic E-state index is 13.7. The zero-order chi connectivity index (χ0) is 26.9. The van der Waals surface area contributed by atoms with Crippen molar-refractivity contribution in [2.75, 3.05) is 16.8 Å². The summed E-state index contributed by atoms with van der Waals surface area (Å²) in [6.07, 6.45) is 2.08. The predicted octanol–water partition coefficient (Wildman–Crippen LogP) is 5.67. The van der Waals surface area contributed by atoms with Gasteiger partial charge in [-0.1, -0.05) is 28.9 Å². The number of carbonyl (C=O) groups is 1. The number of anilines is 2. The first-order chi connectivity index (χ1) is 17.4. The highest BCUT2D eigenvalue weighted by molar-refractivity contribution is 6.31. The lowest BCUT2D eigenvalue weighted by Crippen LogP contribution is -2.45. The molecule has 2 aliphatic rings. The molecule has 0 spiro atoms. The summed E-state index contributed by atoms with van der Waals surface area (Å²) >= 11 is 5.97. The fourth-order valence-electron chi connectivity index (χ4n) is 4.05. The van der Waals surface area contributed by atoms with Crippen molar-refractivity contribution in [3.05, 3.63) is 46.7 Å². The summed E-state index contributed by atoms with van der Waals surface area (Å²) in [5.41, 5.74) is -1.04. The van der Waals surface area contributed by atoms with Gasteiger partial charge in [-0.2, -0.15) is 9.97 Å². The van der Waals surface area contributed by atoms with E-state index in [4.69, 9.17) is 25.6 Å². The van der Waals surface area contributed by atoms with Gasteiger partial charge in [0.2, 0.25) is 11.8 Å². The van der Waals surface area contributed by atoms with Crippen molar-refractivity contribution in [2.45, 2.75) is 77.2 Å². The first-order valence-electron chi connectivity index (χ1n) is 11.9. The Balaban J connectivity index is 1.57. The highest BCUT2D eigenvalue weighted by Gasteiger charge is 2.41. The minimum atomic E-state index is -2.90. The molecule has 0 radical (unpaired) electrons. The molecule has 37 heavy (non-hydrogen) atoms. The number of alkyl halides is 2. The number of halogens is 3. The van der Waals surface area contributed by atoms with E-state index in [9.17, 15) is 13.6 Å². The van der Waals surface area contributed by atoms with Gasteiger partial charge < -0.3 is 19.3 Å². The van der Waals surface area contributed by atoms with Gasteiger partial charge in [-0.25, -0.2) is 18.6 Å². The van der Waals surface area contributed by atoms with E-state index in [1.807, 2.05) is 32.9 Å². The summed E-state index contributed by atoms with van der Waals surface area (Å²) in [6, 6.07) is -0.108. The maximum Gasteiger partial charge on any atom is 0.416 e. The standard InChI is InChI=1S/C24H29ClF2N6O4/c1-12(21-31-20(32-37-21)14-6-8-15(25)9-7-14)28-22-29-16(19(26)27)10-18(30-22)33-17(11-35-23(33)34)13(2)36-24(3,4)5/h6,8-10,12-14,17,19H,7,11H2,1-5H3,(H,28,29,30)/t12-,13+,14?,17+/m0/s1. The minimum absolute atomic E-state index is 0.0286. The van der Waals surface area contributed by atoms with Crippen LogP contribution in [0.15, 0.2) is 33.8 Å². The monoisotopic (exact) mass is 538 g/mol. The van der Waals surface area contributed by atoms with Crippen LogP contribution in [0.1, 0.15) is 76.8 Å². The van der Waals surface area contributed by atoms with Gasteiger partial charge in [0.05, 0.1) is 11.7 Å². The molecule has 4 atom stereocenters. The Hall–Kier alpha value is -3.12. The van der Waals surface area contributed by atoms with Crippen molar-refractivity contribution >= 4 is 29.5 Å². The number of aromatic nitrogens is 4. The van der Waals surface area contributed by atoms with Gasteiger partial charge in [-0.3, -0.25) is 4.90 Å². The molecule has 13 heteroatoms. The average Bonchev–Trinajstić information content (AvgIpc) is 3.45. The van der Waals surface area contributed by atoms with Gasteiger partial charge in [-0.15, -0.1) is 0 Å². The molecule has 4 rings (SSSR count). The first kappa shape index (κ1) is 26.9. The quantitative estimate of drug-likeness (QED) is 0.454. The van der Waals surface area contributed by atoms with Crippen LogP contribution in [0.2, 0.25) is 0 Å². The molecule has 1 saturated heterocycles. The molecule has 1 aliphatic heterocycles. The Bertz CT molecular complexity index is 1200. The van der Waals surface area contributed by atoms with E-state index >= 15 is 0 Å². The molecule has 1 amide bonds. The fourth-order valence-corrected chi connectivity index (χ4v) is 4.21. The van der Waals surface area contributed by atoms with E-state index in [1.165, 1.54) is 4.90 Å². The summed E-state index contributed by atoms with van der Waals surface area (Å²) in [6.45, 7) is 9.17. The van der Waals surface area contributed by atoms with Crippen molar-refractivity contribution in [2.24, 2.45) is 0 Å². The van der Waals surface area contributed by atoms with Crippen LogP contribution in [-0.2, 0) is 9.47 Å². The zero-order valence-corrected chi connectivity index (χ0v) is 21.9. The van der Waals surface area contributed by atoms with Gasteiger partial charge in [0, 0.05) is 17.0 Å². The number of nitrogens with one attached hydrogen (secondary N) is 1. The van der Waals surface area contributed by atoms with Gasteiger partial charge in [0.25, 0.3) is 6.43 Å².